The number of rotatable bonds is 4. The zero-order valence-corrected chi connectivity index (χ0v) is 16.7. The molecule has 130 valence electrons. The molecule has 0 aliphatic carbocycles. The molecule has 2 N–H and O–H groups in total. The molecule has 0 radical (unpaired) electrons. The molecule has 0 fully saturated rings. The molecule has 3 rings (SSSR count). The van der Waals surface area contributed by atoms with Gasteiger partial charge in [0.2, 0.25) is 0 Å². The third kappa shape index (κ3) is 4.80. The Balaban J connectivity index is 1.69. The van der Waals surface area contributed by atoms with Gasteiger partial charge in [-0.1, -0.05) is 37.9 Å². The third-order valence-corrected chi connectivity index (χ3v) is 4.65. The molecular weight excluding hydrogens is 460 g/mol. The van der Waals surface area contributed by atoms with Crippen molar-refractivity contribution in [2.75, 3.05) is 10.6 Å². The first kappa shape index (κ1) is 18.4. The van der Waals surface area contributed by atoms with Crippen molar-refractivity contribution in [1.82, 2.24) is 0 Å². The van der Waals surface area contributed by atoms with E-state index in [0.717, 1.165) is 8.95 Å². The zero-order valence-electron chi connectivity index (χ0n) is 13.5. The van der Waals surface area contributed by atoms with Gasteiger partial charge in [0.1, 0.15) is 0 Å². The number of amides is 2. The Morgan fingerprint density at radius 1 is 0.615 bits per heavy atom. The molecule has 0 aliphatic rings. The van der Waals surface area contributed by atoms with E-state index in [-0.39, 0.29) is 11.8 Å². The Labute approximate surface area is 167 Å². The minimum Gasteiger partial charge on any atom is -0.322 e. The van der Waals surface area contributed by atoms with Crippen molar-refractivity contribution < 1.29 is 9.59 Å². The fraction of sp³-hybridized carbons (Fsp3) is 0. The topological polar surface area (TPSA) is 58.2 Å². The zero-order chi connectivity index (χ0) is 18.5. The van der Waals surface area contributed by atoms with Gasteiger partial charge in [-0.2, -0.15) is 0 Å². The van der Waals surface area contributed by atoms with Gasteiger partial charge in [0, 0.05) is 31.4 Å². The van der Waals surface area contributed by atoms with Crippen LogP contribution in [-0.2, 0) is 0 Å². The van der Waals surface area contributed by atoms with Gasteiger partial charge in [0.25, 0.3) is 11.8 Å². The summed E-state index contributed by atoms with van der Waals surface area (Å²) >= 11 is 6.68. The maximum absolute atomic E-state index is 12.3. The summed E-state index contributed by atoms with van der Waals surface area (Å²) in [5.41, 5.74) is 2.31. The van der Waals surface area contributed by atoms with Crippen LogP contribution in [-0.4, -0.2) is 11.8 Å². The first-order chi connectivity index (χ1) is 12.5. The number of hydrogen-bond donors (Lipinski definition) is 2. The molecule has 0 saturated heterocycles. The van der Waals surface area contributed by atoms with Gasteiger partial charge in [0.15, 0.2) is 0 Å². The number of carbonyl (C=O) groups excluding carboxylic acids is 2. The van der Waals surface area contributed by atoms with Gasteiger partial charge < -0.3 is 10.6 Å². The summed E-state index contributed by atoms with van der Waals surface area (Å²) in [4.78, 5) is 24.6. The van der Waals surface area contributed by atoms with Crippen molar-refractivity contribution in [1.29, 1.82) is 0 Å². The van der Waals surface area contributed by atoms with Gasteiger partial charge >= 0.3 is 0 Å². The molecule has 0 aliphatic heterocycles. The van der Waals surface area contributed by atoms with E-state index in [1.165, 1.54) is 0 Å². The van der Waals surface area contributed by atoms with E-state index in [0.29, 0.717) is 22.5 Å². The van der Waals surface area contributed by atoms with Gasteiger partial charge in [-0.3, -0.25) is 9.59 Å². The van der Waals surface area contributed by atoms with E-state index in [2.05, 4.69) is 42.5 Å². The molecule has 0 aromatic heterocycles. The lowest BCUT2D eigenvalue weighted by atomic mass is 10.2. The second kappa shape index (κ2) is 8.29. The van der Waals surface area contributed by atoms with Crippen molar-refractivity contribution in [2.24, 2.45) is 0 Å². The number of carbonyl (C=O) groups is 2. The van der Waals surface area contributed by atoms with Crippen LogP contribution in [0.15, 0.2) is 81.7 Å². The van der Waals surface area contributed by atoms with Crippen LogP contribution < -0.4 is 10.6 Å². The van der Waals surface area contributed by atoms with E-state index in [9.17, 15) is 9.59 Å². The highest BCUT2D eigenvalue weighted by molar-refractivity contribution is 9.10. The number of halogens is 2. The van der Waals surface area contributed by atoms with Gasteiger partial charge in [-0.25, -0.2) is 0 Å². The molecule has 3 aromatic rings. The molecule has 6 heteroatoms. The number of hydrogen-bond acceptors (Lipinski definition) is 2. The van der Waals surface area contributed by atoms with Crippen molar-refractivity contribution >= 4 is 55.0 Å². The number of nitrogens with one attached hydrogen (secondary N) is 2. The highest BCUT2D eigenvalue weighted by Gasteiger charge is 2.09. The Morgan fingerprint density at radius 3 is 1.38 bits per heavy atom. The van der Waals surface area contributed by atoms with Crippen LogP contribution in [0.1, 0.15) is 20.7 Å². The third-order valence-electron chi connectivity index (χ3n) is 3.59. The first-order valence-electron chi connectivity index (χ1n) is 7.75. The summed E-state index contributed by atoms with van der Waals surface area (Å²) in [6.45, 7) is 0. The van der Waals surface area contributed by atoms with E-state index in [1.807, 2.05) is 24.3 Å². The van der Waals surface area contributed by atoms with Crippen molar-refractivity contribution in [3.8, 4) is 0 Å². The SMILES string of the molecule is O=C(Nc1cccc(NC(=O)c2ccc(Br)cc2)c1)c1ccc(Br)cc1. The molecule has 0 bridgehead atoms. The fourth-order valence-corrected chi connectivity index (χ4v) is 2.81. The fourth-order valence-electron chi connectivity index (χ4n) is 2.28. The second-order valence-electron chi connectivity index (χ2n) is 5.50. The molecule has 0 saturated carbocycles. The second-order valence-corrected chi connectivity index (χ2v) is 7.33. The van der Waals surface area contributed by atoms with E-state index >= 15 is 0 Å². The lowest BCUT2D eigenvalue weighted by Gasteiger charge is -2.09. The average Bonchev–Trinajstić information content (AvgIpc) is 2.63. The first-order valence-corrected chi connectivity index (χ1v) is 9.34. The van der Waals surface area contributed by atoms with Gasteiger partial charge in [-0.05, 0) is 66.7 Å². The summed E-state index contributed by atoms with van der Waals surface area (Å²) in [5.74, 6) is -0.428. The monoisotopic (exact) mass is 472 g/mol. The van der Waals surface area contributed by atoms with Crippen LogP contribution in [0, 0.1) is 0 Å². The highest BCUT2D eigenvalue weighted by Crippen LogP contribution is 2.18. The Kier molecular flexibility index (Phi) is 5.85. The van der Waals surface area contributed by atoms with E-state index in [1.54, 1.807) is 48.5 Å². The quantitative estimate of drug-likeness (QED) is 0.509. The predicted octanol–water partition coefficient (Wildman–Crippen LogP) is 5.72. The molecular formula is C20H14Br2N2O2. The maximum atomic E-state index is 12.3. The minimum atomic E-state index is -0.214. The molecule has 0 unspecified atom stereocenters. The largest absolute Gasteiger partial charge is 0.322 e. The van der Waals surface area contributed by atoms with Crippen LogP contribution in [0.3, 0.4) is 0 Å². The smallest absolute Gasteiger partial charge is 0.255 e. The molecule has 0 heterocycles. The predicted molar refractivity (Wildman–Crippen MR) is 111 cm³/mol. The van der Waals surface area contributed by atoms with Crippen molar-refractivity contribution in [3.63, 3.8) is 0 Å². The molecule has 26 heavy (non-hydrogen) atoms. The summed E-state index contributed by atoms with van der Waals surface area (Å²) in [6.07, 6.45) is 0. The lowest BCUT2D eigenvalue weighted by molar-refractivity contribution is 0.101. The van der Waals surface area contributed by atoms with E-state index in [4.69, 9.17) is 0 Å². The van der Waals surface area contributed by atoms with Crippen LogP contribution in [0.5, 0.6) is 0 Å². The molecule has 3 aromatic carbocycles. The van der Waals surface area contributed by atoms with Crippen LogP contribution in [0.4, 0.5) is 11.4 Å². The lowest BCUT2D eigenvalue weighted by Crippen LogP contribution is -2.14. The van der Waals surface area contributed by atoms with E-state index < -0.39 is 0 Å². The van der Waals surface area contributed by atoms with Crippen LogP contribution in [0.25, 0.3) is 0 Å². The van der Waals surface area contributed by atoms with Crippen LogP contribution >= 0.6 is 31.9 Å². The molecule has 0 spiro atoms. The van der Waals surface area contributed by atoms with Crippen LogP contribution in [0.2, 0.25) is 0 Å². The van der Waals surface area contributed by atoms with Gasteiger partial charge in [-0.15, -0.1) is 0 Å². The molecule has 4 nitrogen and oxygen atoms in total. The summed E-state index contributed by atoms with van der Waals surface area (Å²) in [7, 11) is 0. The maximum Gasteiger partial charge on any atom is 0.255 e. The number of anilines is 2. The highest BCUT2D eigenvalue weighted by atomic mass is 79.9. The summed E-state index contributed by atoms with van der Waals surface area (Å²) in [6, 6.07) is 21.2. The number of benzene rings is 3. The molecule has 0 atom stereocenters. The minimum absolute atomic E-state index is 0.214. The Hall–Kier alpha value is -2.44. The molecule has 2 amide bonds. The van der Waals surface area contributed by atoms with Crippen molar-refractivity contribution in [2.45, 2.75) is 0 Å². The average molecular weight is 474 g/mol. The Bertz CT molecular complexity index is 864. The van der Waals surface area contributed by atoms with Crippen molar-refractivity contribution in [3.05, 3.63) is 92.9 Å². The standard InChI is InChI=1S/C20H14Br2N2O2/c21-15-8-4-13(5-9-15)19(25)23-17-2-1-3-18(12-17)24-20(26)14-6-10-16(22)11-7-14/h1-12H,(H,23,25)(H,24,26). The summed E-state index contributed by atoms with van der Waals surface area (Å²) < 4.78 is 1.82. The van der Waals surface area contributed by atoms with Gasteiger partial charge in [0.05, 0.1) is 0 Å². The Morgan fingerprint density at radius 2 is 1.00 bits per heavy atom. The summed E-state index contributed by atoms with van der Waals surface area (Å²) in [5, 5.41) is 5.65. The normalized spacial score (nSPS) is 10.2.